The Balaban J connectivity index is 2.10. The van der Waals surface area contributed by atoms with Gasteiger partial charge in [-0.05, 0) is 25.3 Å². The Bertz CT molecular complexity index is 486. The lowest BCUT2D eigenvalue weighted by Crippen LogP contribution is -2.21. The van der Waals surface area contributed by atoms with E-state index in [2.05, 4.69) is 35.4 Å². The van der Waals surface area contributed by atoms with Crippen LogP contribution in [0.4, 0.5) is 0 Å². The average molecular weight is 261 g/mol. The van der Waals surface area contributed by atoms with Gasteiger partial charge in [0.2, 0.25) is 0 Å². The molecule has 0 saturated carbocycles. The molecule has 0 aliphatic rings. The van der Waals surface area contributed by atoms with Crippen LogP contribution in [0.15, 0.2) is 31.0 Å². The third-order valence-electron chi connectivity index (χ3n) is 3.29. The zero-order valence-electron chi connectivity index (χ0n) is 11.9. The lowest BCUT2D eigenvalue weighted by atomic mass is 10.0. The Kier molecular flexibility index (Phi) is 4.37. The van der Waals surface area contributed by atoms with E-state index in [0.29, 0.717) is 5.92 Å². The SMILES string of the molecule is CC(C)CC(N)c1cncn1C(C)Cn1cccn1. The summed E-state index contributed by atoms with van der Waals surface area (Å²) in [5.41, 5.74) is 7.37. The zero-order chi connectivity index (χ0) is 13.8. The van der Waals surface area contributed by atoms with Crippen molar-refractivity contribution in [3.05, 3.63) is 36.7 Å². The summed E-state index contributed by atoms with van der Waals surface area (Å²) in [6.45, 7) is 7.36. The number of nitrogens with zero attached hydrogens (tertiary/aromatic N) is 4. The topological polar surface area (TPSA) is 61.7 Å². The summed E-state index contributed by atoms with van der Waals surface area (Å²) in [6, 6.07) is 2.27. The van der Waals surface area contributed by atoms with Gasteiger partial charge in [0, 0.05) is 24.6 Å². The van der Waals surface area contributed by atoms with Gasteiger partial charge in [-0.2, -0.15) is 5.10 Å². The fourth-order valence-electron chi connectivity index (χ4n) is 2.37. The van der Waals surface area contributed by atoms with Crippen molar-refractivity contribution in [1.82, 2.24) is 19.3 Å². The van der Waals surface area contributed by atoms with E-state index >= 15 is 0 Å². The molecule has 2 rings (SSSR count). The molecule has 0 fully saturated rings. The minimum atomic E-state index is 0.0440. The first-order chi connectivity index (χ1) is 9.08. The molecule has 2 N–H and O–H groups in total. The zero-order valence-corrected chi connectivity index (χ0v) is 11.9. The van der Waals surface area contributed by atoms with E-state index in [9.17, 15) is 0 Å². The normalized spacial score (nSPS) is 14.8. The Morgan fingerprint density at radius 1 is 1.32 bits per heavy atom. The summed E-state index contributed by atoms with van der Waals surface area (Å²) in [5.74, 6) is 0.583. The number of imidazole rings is 1. The van der Waals surface area contributed by atoms with Crippen LogP contribution >= 0.6 is 0 Å². The predicted molar refractivity (Wildman–Crippen MR) is 75.5 cm³/mol. The van der Waals surface area contributed by atoms with E-state index < -0.39 is 0 Å². The van der Waals surface area contributed by atoms with Gasteiger partial charge in [0.25, 0.3) is 0 Å². The lowest BCUT2D eigenvalue weighted by molar-refractivity contribution is 0.406. The quantitative estimate of drug-likeness (QED) is 0.868. The highest BCUT2D eigenvalue weighted by Crippen LogP contribution is 2.22. The molecule has 5 nitrogen and oxygen atoms in total. The molecule has 0 spiro atoms. The average Bonchev–Trinajstić information content (AvgIpc) is 2.97. The van der Waals surface area contributed by atoms with Crippen LogP contribution < -0.4 is 5.73 Å². The second-order valence-electron chi connectivity index (χ2n) is 5.54. The van der Waals surface area contributed by atoms with Gasteiger partial charge in [-0.15, -0.1) is 0 Å². The van der Waals surface area contributed by atoms with E-state index in [1.165, 1.54) is 0 Å². The van der Waals surface area contributed by atoms with E-state index in [0.717, 1.165) is 18.7 Å². The molecule has 5 heteroatoms. The van der Waals surface area contributed by atoms with Gasteiger partial charge in [-0.25, -0.2) is 4.98 Å². The molecule has 2 aromatic heterocycles. The van der Waals surface area contributed by atoms with Gasteiger partial charge in [0.15, 0.2) is 0 Å². The van der Waals surface area contributed by atoms with Gasteiger partial charge in [-0.1, -0.05) is 13.8 Å². The largest absolute Gasteiger partial charge is 0.328 e. The minimum Gasteiger partial charge on any atom is -0.328 e. The molecule has 0 bridgehead atoms. The molecular weight excluding hydrogens is 238 g/mol. The first-order valence-corrected chi connectivity index (χ1v) is 6.82. The number of nitrogens with two attached hydrogens (primary N) is 1. The Morgan fingerprint density at radius 2 is 2.11 bits per heavy atom. The van der Waals surface area contributed by atoms with Crippen molar-refractivity contribution in [1.29, 1.82) is 0 Å². The van der Waals surface area contributed by atoms with Crippen LogP contribution in [0.3, 0.4) is 0 Å². The molecule has 2 heterocycles. The Labute approximate surface area is 114 Å². The third-order valence-corrected chi connectivity index (χ3v) is 3.29. The van der Waals surface area contributed by atoms with Crippen molar-refractivity contribution in [2.45, 2.75) is 45.8 Å². The van der Waals surface area contributed by atoms with Crippen molar-refractivity contribution in [3.63, 3.8) is 0 Å². The first-order valence-electron chi connectivity index (χ1n) is 6.82. The number of rotatable bonds is 6. The maximum absolute atomic E-state index is 6.27. The summed E-state index contributed by atoms with van der Waals surface area (Å²) < 4.78 is 4.09. The highest BCUT2D eigenvalue weighted by atomic mass is 15.3. The lowest BCUT2D eigenvalue weighted by Gasteiger charge is -2.21. The smallest absolute Gasteiger partial charge is 0.0951 e. The fourth-order valence-corrected chi connectivity index (χ4v) is 2.37. The Hall–Kier alpha value is -1.62. The minimum absolute atomic E-state index is 0.0440. The molecule has 2 unspecified atom stereocenters. The molecule has 0 saturated heterocycles. The van der Waals surface area contributed by atoms with E-state index in [4.69, 9.17) is 5.73 Å². The standard InChI is InChI=1S/C14H23N5/c1-11(2)7-13(15)14-8-16-10-19(14)12(3)9-18-6-4-5-17-18/h4-6,8,10-13H,7,9,15H2,1-3H3. The highest BCUT2D eigenvalue weighted by Gasteiger charge is 2.16. The summed E-state index contributed by atoms with van der Waals surface area (Å²) in [4.78, 5) is 4.25. The predicted octanol–water partition coefficient (Wildman–Crippen LogP) is 2.39. The molecule has 104 valence electrons. The van der Waals surface area contributed by atoms with E-state index in [1.54, 1.807) is 6.20 Å². The second-order valence-corrected chi connectivity index (χ2v) is 5.54. The molecule has 0 aliphatic carbocycles. The monoisotopic (exact) mass is 261 g/mol. The molecular formula is C14H23N5. The molecule has 0 radical (unpaired) electrons. The number of hydrogen-bond donors (Lipinski definition) is 1. The van der Waals surface area contributed by atoms with Gasteiger partial charge in [0.1, 0.15) is 0 Å². The van der Waals surface area contributed by atoms with Gasteiger partial charge >= 0.3 is 0 Å². The van der Waals surface area contributed by atoms with Crippen LogP contribution in [0.1, 0.15) is 45.0 Å². The first kappa shape index (κ1) is 13.8. The summed E-state index contributed by atoms with van der Waals surface area (Å²) >= 11 is 0. The second kappa shape index (κ2) is 6.02. The molecule has 19 heavy (non-hydrogen) atoms. The molecule has 0 amide bonds. The van der Waals surface area contributed by atoms with Gasteiger partial charge < -0.3 is 10.3 Å². The van der Waals surface area contributed by atoms with Crippen molar-refractivity contribution >= 4 is 0 Å². The summed E-state index contributed by atoms with van der Waals surface area (Å²) in [5, 5.41) is 4.24. The summed E-state index contributed by atoms with van der Waals surface area (Å²) in [7, 11) is 0. The van der Waals surface area contributed by atoms with Crippen molar-refractivity contribution in [2.24, 2.45) is 11.7 Å². The number of aromatic nitrogens is 4. The summed E-state index contributed by atoms with van der Waals surface area (Å²) in [6.07, 6.45) is 8.49. The third kappa shape index (κ3) is 3.44. The van der Waals surface area contributed by atoms with E-state index in [1.807, 2.05) is 29.5 Å². The molecule has 0 aromatic carbocycles. The maximum Gasteiger partial charge on any atom is 0.0951 e. The van der Waals surface area contributed by atoms with Crippen molar-refractivity contribution < 1.29 is 0 Å². The molecule has 2 aromatic rings. The van der Waals surface area contributed by atoms with Crippen LogP contribution in [-0.4, -0.2) is 19.3 Å². The van der Waals surface area contributed by atoms with Gasteiger partial charge in [-0.3, -0.25) is 4.68 Å². The number of hydrogen-bond acceptors (Lipinski definition) is 3. The van der Waals surface area contributed by atoms with Crippen LogP contribution in [0.25, 0.3) is 0 Å². The highest BCUT2D eigenvalue weighted by molar-refractivity contribution is 5.06. The van der Waals surface area contributed by atoms with E-state index in [-0.39, 0.29) is 12.1 Å². The maximum atomic E-state index is 6.27. The fraction of sp³-hybridized carbons (Fsp3) is 0.571. The van der Waals surface area contributed by atoms with Crippen molar-refractivity contribution in [3.8, 4) is 0 Å². The van der Waals surface area contributed by atoms with Gasteiger partial charge in [0.05, 0.1) is 24.6 Å². The van der Waals surface area contributed by atoms with Crippen LogP contribution in [0.5, 0.6) is 0 Å². The van der Waals surface area contributed by atoms with Crippen LogP contribution in [-0.2, 0) is 6.54 Å². The van der Waals surface area contributed by atoms with Crippen molar-refractivity contribution in [2.75, 3.05) is 0 Å². The molecule has 0 aliphatic heterocycles. The Morgan fingerprint density at radius 3 is 2.74 bits per heavy atom. The van der Waals surface area contributed by atoms with Crippen LogP contribution in [0, 0.1) is 5.92 Å². The van der Waals surface area contributed by atoms with Crippen LogP contribution in [0.2, 0.25) is 0 Å². The molecule has 2 atom stereocenters.